The van der Waals surface area contributed by atoms with Gasteiger partial charge >= 0.3 is 0 Å². The van der Waals surface area contributed by atoms with Crippen LogP contribution in [0.5, 0.6) is 0 Å². The molecule has 108 valence electrons. The van der Waals surface area contributed by atoms with Gasteiger partial charge in [-0.2, -0.15) is 0 Å². The van der Waals surface area contributed by atoms with Gasteiger partial charge in [0.2, 0.25) is 0 Å². The fourth-order valence-electron chi connectivity index (χ4n) is 2.75. The highest BCUT2D eigenvalue weighted by Crippen LogP contribution is 2.31. The predicted octanol–water partition coefficient (Wildman–Crippen LogP) is 5.56. The van der Waals surface area contributed by atoms with Crippen molar-refractivity contribution in [3.8, 4) is 0 Å². The lowest BCUT2D eigenvalue weighted by Gasteiger charge is -2.20. The summed E-state index contributed by atoms with van der Waals surface area (Å²) in [5.41, 5.74) is 1.38. The summed E-state index contributed by atoms with van der Waals surface area (Å²) in [5.74, 6) is 0. The number of thiophene rings is 1. The Morgan fingerprint density at radius 3 is 2.67 bits per heavy atom. The molecule has 3 heteroatoms. The molecule has 21 heavy (non-hydrogen) atoms. The lowest BCUT2D eigenvalue weighted by atomic mass is 9.96. The van der Waals surface area contributed by atoms with E-state index < -0.39 is 0 Å². The van der Waals surface area contributed by atoms with Crippen molar-refractivity contribution in [2.75, 3.05) is 6.54 Å². The third-order valence-electron chi connectivity index (χ3n) is 3.73. The van der Waals surface area contributed by atoms with Crippen LogP contribution in [0, 0.1) is 0 Å². The van der Waals surface area contributed by atoms with Crippen LogP contribution in [0.15, 0.2) is 58.4 Å². The van der Waals surface area contributed by atoms with Gasteiger partial charge in [0, 0.05) is 21.8 Å². The van der Waals surface area contributed by atoms with Gasteiger partial charge in [0.1, 0.15) is 0 Å². The summed E-state index contributed by atoms with van der Waals surface area (Å²) in [7, 11) is 0. The average molecular weight is 360 g/mol. The van der Waals surface area contributed by atoms with E-state index in [0.29, 0.717) is 6.04 Å². The normalized spacial score (nSPS) is 12.7. The molecular formula is C18H18BrNS. The van der Waals surface area contributed by atoms with Crippen LogP contribution in [0.1, 0.15) is 23.4 Å². The van der Waals surface area contributed by atoms with Gasteiger partial charge in [0.05, 0.1) is 0 Å². The lowest BCUT2D eigenvalue weighted by molar-refractivity contribution is 0.556. The maximum atomic E-state index is 3.65. The Labute approximate surface area is 138 Å². The molecule has 1 nitrogen and oxygen atoms in total. The highest BCUT2D eigenvalue weighted by atomic mass is 79.9. The minimum absolute atomic E-state index is 0.344. The predicted molar refractivity (Wildman–Crippen MR) is 96.1 cm³/mol. The number of likely N-dealkylation sites (N-methyl/N-ethyl adjacent to an activating group) is 1. The number of rotatable bonds is 5. The SMILES string of the molecule is CCNC(Cc1sccc1Br)c1cccc2ccccc12. The molecule has 0 radical (unpaired) electrons. The van der Waals surface area contributed by atoms with Gasteiger partial charge in [-0.05, 0) is 50.3 Å². The number of hydrogen-bond acceptors (Lipinski definition) is 2. The van der Waals surface area contributed by atoms with Gasteiger partial charge in [0.15, 0.2) is 0 Å². The molecule has 0 saturated heterocycles. The molecule has 0 aliphatic carbocycles. The minimum Gasteiger partial charge on any atom is -0.310 e. The van der Waals surface area contributed by atoms with Crippen molar-refractivity contribution < 1.29 is 0 Å². The monoisotopic (exact) mass is 359 g/mol. The molecule has 3 aromatic rings. The van der Waals surface area contributed by atoms with E-state index in [0.717, 1.165) is 13.0 Å². The first-order valence-electron chi connectivity index (χ1n) is 7.22. The van der Waals surface area contributed by atoms with Crippen LogP contribution in [0.4, 0.5) is 0 Å². The van der Waals surface area contributed by atoms with Crippen molar-refractivity contribution in [3.63, 3.8) is 0 Å². The summed E-state index contributed by atoms with van der Waals surface area (Å²) in [4.78, 5) is 1.40. The fraction of sp³-hybridized carbons (Fsp3) is 0.222. The second kappa shape index (κ2) is 6.73. The third kappa shape index (κ3) is 3.20. The topological polar surface area (TPSA) is 12.0 Å². The van der Waals surface area contributed by atoms with E-state index in [1.54, 1.807) is 0 Å². The van der Waals surface area contributed by atoms with Crippen LogP contribution in [-0.4, -0.2) is 6.54 Å². The summed E-state index contributed by atoms with van der Waals surface area (Å²) < 4.78 is 1.22. The van der Waals surface area contributed by atoms with Crippen molar-refractivity contribution in [1.29, 1.82) is 0 Å². The Kier molecular flexibility index (Phi) is 4.73. The fourth-order valence-corrected chi connectivity index (χ4v) is 4.31. The van der Waals surface area contributed by atoms with Crippen molar-refractivity contribution in [2.45, 2.75) is 19.4 Å². The van der Waals surface area contributed by atoms with Crippen LogP contribution < -0.4 is 5.32 Å². The molecule has 1 atom stereocenters. The van der Waals surface area contributed by atoms with E-state index in [1.807, 2.05) is 11.3 Å². The first-order valence-corrected chi connectivity index (χ1v) is 8.89. The van der Waals surface area contributed by atoms with E-state index in [9.17, 15) is 0 Å². The Morgan fingerprint density at radius 2 is 1.90 bits per heavy atom. The molecule has 3 rings (SSSR count). The molecule has 0 aliphatic rings. The molecule has 0 saturated carbocycles. The molecule has 1 N–H and O–H groups in total. The van der Waals surface area contributed by atoms with Crippen LogP contribution >= 0.6 is 27.3 Å². The number of benzene rings is 2. The second-order valence-corrected chi connectivity index (χ2v) is 6.93. The van der Waals surface area contributed by atoms with Crippen LogP contribution in [0.3, 0.4) is 0 Å². The van der Waals surface area contributed by atoms with Crippen molar-refractivity contribution in [3.05, 3.63) is 68.8 Å². The molecule has 1 heterocycles. The zero-order valence-electron chi connectivity index (χ0n) is 12.0. The maximum absolute atomic E-state index is 3.65. The standard InChI is InChI=1S/C18H18BrNS/c1-2-20-17(12-18-16(19)10-11-21-18)15-9-5-7-13-6-3-4-8-14(13)15/h3-11,17,20H,2,12H2,1H3. The van der Waals surface area contributed by atoms with Gasteiger partial charge in [0.25, 0.3) is 0 Å². The number of fused-ring (bicyclic) bond motifs is 1. The first kappa shape index (κ1) is 14.8. The van der Waals surface area contributed by atoms with Gasteiger partial charge in [-0.3, -0.25) is 0 Å². The molecule has 0 bridgehead atoms. The number of hydrogen-bond donors (Lipinski definition) is 1. The molecule has 1 aromatic heterocycles. The molecule has 0 aliphatic heterocycles. The molecule has 1 unspecified atom stereocenters. The zero-order valence-corrected chi connectivity index (χ0v) is 14.4. The summed E-state index contributed by atoms with van der Waals surface area (Å²) in [5, 5.41) is 8.44. The Bertz CT molecular complexity index is 729. The summed E-state index contributed by atoms with van der Waals surface area (Å²) in [6.07, 6.45) is 1.01. The number of nitrogens with one attached hydrogen (secondary N) is 1. The molecule has 2 aromatic carbocycles. The molecular weight excluding hydrogens is 342 g/mol. The van der Waals surface area contributed by atoms with E-state index >= 15 is 0 Å². The Balaban J connectivity index is 2.01. The first-order chi connectivity index (χ1) is 10.3. The highest BCUT2D eigenvalue weighted by molar-refractivity contribution is 9.10. The van der Waals surface area contributed by atoms with Crippen LogP contribution in [0.2, 0.25) is 0 Å². The molecule has 0 amide bonds. The Morgan fingerprint density at radius 1 is 1.10 bits per heavy atom. The third-order valence-corrected chi connectivity index (χ3v) is 5.68. The zero-order chi connectivity index (χ0) is 14.7. The van der Waals surface area contributed by atoms with Gasteiger partial charge in [-0.15, -0.1) is 11.3 Å². The van der Waals surface area contributed by atoms with Crippen molar-refractivity contribution in [1.82, 2.24) is 5.32 Å². The van der Waals surface area contributed by atoms with E-state index in [2.05, 4.69) is 82.1 Å². The summed E-state index contributed by atoms with van der Waals surface area (Å²) >= 11 is 5.47. The van der Waals surface area contributed by atoms with Gasteiger partial charge < -0.3 is 5.32 Å². The number of halogens is 1. The maximum Gasteiger partial charge on any atom is 0.0375 e. The smallest absolute Gasteiger partial charge is 0.0375 e. The van der Waals surface area contributed by atoms with E-state index in [-0.39, 0.29) is 0 Å². The van der Waals surface area contributed by atoms with Crippen LogP contribution in [0.25, 0.3) is 10.8 Å². The minimum atomic E-state index is 0.344. The van der Waals surface area contributed by atoms with Crippen molar-refractivity contribution in [2.24, 2.45) is 0 Å². The van der Waals surface area contributed by atoms with E-state index in [4.69, 9.17) is 0 Å². The largest absolute Gasteiger partial charge is 0.310 e. The lowest BCUT2D eigenvalue weighted by Crippen LogP contribution is -2.23. The highest BCUT2D eigenvalue weighted by Gasteiger charge is 2.16. The van der Waals surface area contributed by atoms with Crippen LogP contribution in [-0.2, 0) is 6.42 Å². The Hall–Kier alpha value is -1.16. The average Bonchev–Trinajstić information content (AvgIpc) is 2.91. The van der Waals surface area contributed by atoms with Gasteiger partial charge in [-0.1, -0.05) is 49.4 Å². The van der Waals surface area contributed by atoms with Crippen molar-refractivity contribution >= 4 is 38.0 Å². The summed E-state index contributed by atoms with van der Waals surface area (Å²) in [6.45, 7) is 3.14. The molecule has 0 fully saturated rings. The quantitative estimate of drug-likeness (QED) is 0.628. The molecule has 0 spiro atoms. The second-order valence-electron chi connectivity index (χ2n) is 5.07. The summed E-state index contributed by atoms with van der Waals surface area (Å²) in [6, 6.07) is 17.7. The van der Waals surface area contributed by atoms with E-state index in [1.165, 1.54) is 25.7 Å². The van der Waals surface area contributed by atoms with Gasteiger partial charge in [-0.25, -0.2) is 0 Å².